The fourth-order valence-corrected chi connectivity index (χ4v) is 2.38. The van der Waals surface area contributed by atoms with Gasteiger partial charge < -0.3 is 0 Å². The molecule has 1 rings (SSSR count). The van der Waals surface area contributed by atoms with Gasteiger partial charge >= 0.3 is 0 Å². The summed E-state index contributed by atoms with van der Waals surface area (Å²) in [6, 6.07) is -0.669. The third-order valence-electron chi connectivity index (χ3n) is 2.32. The summed E-state index contributed by atoms with van der Waals surface area (Å²) in [6.07, 6.45) is 0. The molecule has 3 atom stereocenters. The van der Waals surface area contributed by atoms with Gasteiger partial charge in [-0.05, 0) is 14.0 Å². The molecule has 1 fully saturated rings. The third kappa shape index (κ3) is 1.32. The van der Waals surface area contributed by atoms with E-state index in [4.69, 9.17) is 0 Å². The van der Waals surface area contributed by atoms with Crippen LogP contribution >= 0.6 is 18.5 Å². The minimum Gasteiger partial charge on any atom is -0.297 e. The van der Waals surface area contributed by atoms with E-state index in [0.29, 0.717) is 6.54 Å². The number of rotatable bonds is 0. The molecule has 0 aromatic carbocycles. The van der Waals surface area contributed by atoms with Crippen LogP contribution in [0, 0.1) is 0 Å². The van der Waals surface area contributed by atoms with Crippen LogP contribution in [0.4, 0.5) is 8.78 Å². The fraction of sp³-hybridized carbons (Fsp3) is 1.00. The van der Waals surface area contributed by atoms with E-state index in [1.165, 1.54) is 0 Å². The lowest BCUT2D eigenvalue weighted by atomic mass is 10.2. The zero-order valence-electron chi connectivity index (χ0n) is 6.64. The van der Waals surface area contributed by atoms with E-state index in [2.05, 4.69) is 18.5 Å². The summed E-state index contributed by atoms with van der Waals surface area (Å²) in [6.45, 7) is 1.95. The number of hydrogen-bond donors (Lipinski definition) is 0. The highest BCUT2D eigenvalue weighted by atomic mass is 31.1. The zero-order valence-corrected chi connectivity index (χ0v) is 8.95. The van der Waals surface area contributed by atoms with E-state index >= 15 is 0 Å². The second-order valence-corrected chi connectivity index (χ2v) is 5.98. The monoisotopic (exact) mass is 199 g/mol. The van der Waals surface area contributed by atoms with Crippen LogP contribution in [0.5, 0.6) is 0 Å². The van der Waals surface area contributed by atoms with Crippen LogP contribution in [0.1, 0.15) is 6.92 Å². The van der Waals surface area contributed by atoms with Gasteiger partial charge in [0.25, 0.3) is 5.92 Å². The smallest absolute Gasteiger partial charge is 0.276 e. The van der Waals surface area contributed by atoms with Gasteiger partial charge in [-0.15, -0.1) is 18.5 Å². The first-order valence-corrected chi connectivity index (χ1v) is 4.60. The van der Waals surface area contributed by atoms with E-state index < -0.39 is 16.9 Å². The quantitative estimate of drug-likeness (QED) is 0.533. The summed E-state index contributed by atoms with van der Waals surface area (Å²) in [5.41, 5.74) is 0. The van der Waals surface area contributed by atoms with Crippen molar-refractivity contribution >= 4 is 18.5 Å². The SMILES string of the molecule is CC1N(C)CC(P)(P)C1(F)F. The maximum Gasteiger partial charge on any atom is 0.276 e. The van der Waals surface area contributed by atoms with E-state index in [-0.39, 0.29) is 0 Å². The van der Waals surface area contributed by atoms with Crippen molar-refractivity contribution in [2.75, 3.05) is 13.6 Å². The number of nitrogens with zero attached hydrogens (tertiary/aromatic N) is 1. The Kier molecular flexibility index (Phi) is 2.29. The van der Waals surface area contributed by atoms with Crippen molar-refractivity contribution in [1.29, 1.82) is 0 Å². The van der Waals surface area contributed by atoms with Crippen LogP contribution in [0.3, 0.4) is 0 Å². The Bertz CT molecular complexity index is 172. The number of alkyl halides is 2. The van der Waals surface area contributed by atoms with E-state index in [0.717, 1.165) is 0 Å². The summed E-state index contributed by atoms with van der Waals surface area (Å²) < 4.78 is 26.6. The van der Waals surface area contributed by atoms with Gasteiger partial charge in [-0.1, -0.05) is 0 Å². The Balaban J connectivity index is 2.92. The molecule has 1 heterocycles. The van der Waals surface area contributed by atoms with Crippen LogP contribution in [0.2, 0.25) is 0 Å². The highest BCUT2D eigenvalue weighted by Crippen LogP contribution is 2.50. The maximum absolute atomic E-state index is 13.3. The predicted octanol–water partition coefficient (Wildman–Crippen LogP) is 1.40. The standard InChI is InChI=1S/C6H13F2NP2/c1-4-6(7,8)5(10,11)3-9(4)2/h4H,3,10-11H2,1-2H3. The van der Waals surface area contributed by atoms with Crippen LogP contribution in [-0.2, 0) is 0 Å². The number of likely N-dealkylation sites (tertiary alicyclic amines) is 1. The molecule has 1 saturated heterocycles. The molecule has 66 valence electrons. The third-order valence-corrected chi connectivity index (χ3v) is 3.45. The highest BCUT2D eigenvalue weighted by Gasteiger charge is 2.58. The van der Waals surface area contributed by atoms with Gasteiger partial charge in [-0.2, -0.15) is 0 Å². The Morgan fingerprint density at radius 3 is 2.00 bits per heavy atom. The summed E-state index contributed by atoms with van der Waals surface area (Å²) >= 11 is 0. The molecule has 0 bridgehead atoms. The summed E-state index contributed by atoms with van der Waals surface area (Å²) in [5.74, 6) is -2.63. The molecule has 0 radical (unpaired) electrons. The van der Waals surface area contributed by atoms with Gasteiger partial charge in [0.2, 0.25) is 0 Å². The van der Waals surface area contributed by atoms with Gasteiger partial charge in [0.1, 0.15) is 0 Å². The number of hydrogen-bond acceptors (Lipinski definition) is 1. The van der Waals surface area contributed by atoms with E-state index in [1.807, 2.05) is 0 Å². The van der Waals surface area contributed by atoms with Crippen LogP contribution < -0.4 is 0 Å². The Hall–Kier alpha value is 0.680. The van der Waals surface area contributed by atoms with E-state index in [1.54, 1.807) is 18.9 Å². The second kappa shape index (κ2) is 2.58. The van der Waals surface area contributed by atoms with Crippen molar-refractivity contribution in [3.63, 3.8) is 0 Å². The minimum atomic E-state index is -2.63. The average Bonchev–Trinajstić information content (AvgIpc) is 1.93. The Labute approximate surface area is 70.3 Å². The lowest BCUT2D eigenvalue weighted by Gasteiger charge is -2.27. The zero-order chi connectivity index (χ0) is 8.86. The van der Waals surface area contributed by atoms with Crippen molar-refractivity contribution in [2.24, 2.45) is 0 Å². The van der Waals surface area contributed by atoms with Crippen molar-refractivity contribution in [3.8, 4) is 0 Å². The van der Waals surface area contributed by atoms with Crippen LogP contribution in [0.25, 0.3) is 0 Å². The summed E-state index contributed by atoms with van der Waals surface area (Å²) in [5, 5.41) is 0. The molecule has 3 unspecified atom stereocenters. The molecule has 1 nitrogen and oxygen atoms in total. The second-order valence-electron chi connectivity index (χ2n) is 3.25. The molecule has 0 aliphatic carbocycles. The Morgan fingerprint density at radius 2 is 1.91 bits per heavy atom. The van der Waals surface area contributed by atoms with Crippen molar-refractivity contribution in [2.45, 2.75) is 23.8 Å². The fourth-order valence-electron chi connectivity index (χ4n) is 1.32. The molecule has 0 spiro atoms. The highest BCUT2D eigenvalue weighted by molar-refractivity contribution is 7.40. The summed E-state index contributed by atoms with van der Waals surface area (Å²) in [4.78, 5) is 0.626. The largest absolute Gasteiger partial charge is 0.297 e. The van der Waals surface area contributed by atoms with Crippen molar-refractivity contribution in [1.82, 2.24) is 4.90 Å². The van der Waals surface area contributed by atoms with Crippen LogP contribution in [-0.4, -0.2) is 35.4 Å². The number of halogens is 2. The maximum atomic E-state index is 13.3. The predicted molar refractivity (Wildman–Crippen MR) is 49.2 cm³/mol. The van der Waals surface area contributed by atoms with Gasteiger partial charge in [0.15, 0.2) is 0 Å². The molecule has 11 heavy (non-hydrogen) atoms. The minimum absolute atomic E-state index is 0.399. The van der Waals surface area contributed by atoms with Gasteiger partial charge in [0.05, 0.1) is 10.9 Å². The molecule has 0 aromatic heterocycles. The van der Waals surface area contributed by atoms with E-state index in [9.17, 15) is 8.78 Å². The molecule has 5 heteroatoms. The molecule has 0 aromatic rings. The van der Waals surface area contributed by atoms with Gasteiger partial charge in [-0.25, -0.2) is 8.78 Å². The first kappa shape index (κ1) is 9.77. The Morgan fingerprint density at radius 1 is 1.45 bits per heavy atom. The van der Waals surface area contributed by atoms with Crippen molar-refractivity contribution in [3.05, 3.63) is 0 Å². The molecular formula is C6H13F2NP2. The normalized spacial score (nSPS) is 36.0. The first-order valence-electron chi connectivity index (χ1n) is 3.45. The molecule has 0 amide bonds. The van der Waals surface area contributed by atoms with Crippen molar-refractivity contribution < 1.29 is 8.78 Å². The molecule has 0 N–H and O–H groups in total. The van der Waals surface area contributed by atoms with Gasteiger partial charge in [0, 0.05) is 6.54 Å². The lowest BCUT2D eigenvalue weighted by Crippen LogP contribution is -2.40. The van der Waals surface area contributed by atoms with Crippen LogP contribution in [0.15, 0.2) is 0 Å². The first-order chi connectivity index (χ1) is 4.79. The molecule has 0 saturated carbocycles. The lowest BCUT2D eigenvalue weighted by molar-refractivity contribution is -0.0249. The molecule has 1 aliphatic heterocycles. The topological polar surface area (TPSA) is 3.24 Å². The molecule has 1 aliphatic rings. The molecular weight excluding hydrogens is 186 g/mol. The van der Waals surface area contributed by atoms with Gasteiger partial charge in [-0.3, -0.25) is 4.90 Å². The summed E-state index contributed by atoms with van der Waals surface area (Å²) in [7, 11) is 6.15. The average molecular weight is 199 g/mol.